The van der Waals surface area contributed by atoms with E-state index in [0.717, 1.165) is 6.08 Å². The maximum absolute atomic E-state index is 12.8. The van der Waals surface area contributed by atoms with Crippen molar-refractivity contribution in [3.63, 3.8) is 0 Å². The van der Waals surface area contributed by atoms with Gasteiger partial charge in [-0.15, -0.1) is 0 Å². The molecule has 0 aromatic heterocycles. The molecule has 28 heavy (non-hydrogen) atoms. The minimum Gasteiger partial charge on any atom is -0.288 e. The number of nitrogens with one attached hydrogen (secondary N) is 2. The van der Waals surface area contributed by atoms with Crippen LogP contribution in [0.3, 0.4) is 0 Å². The second-order valence-corrected chi connectivity index (χ2v) is 7.46. The summed E-state index contributed by atoms with van der Waals surface area (Å²) in [6, 6.07) is 16.2. The molecule has 0 bridgehead atoms. The Morgan fingerprint density at radius 2 is 1.79 bits per heavy atom. The minimum absolute atomic E-state index is 0.0115. The highest BCUT2D eigenvalue weighted by Gasteiger charge is 2.16. The van der Waals surface area contributed by atoms with Crippen LogP contribution in [-0.4, -0.2) is 19.5 Å². The van der Waals surface area contributed by atoms with Gasteiger partial charge in [-0.3, -0.25) is 14.7 Å². The topological polar surface area (TPSA) is 99.9 Å². The van der Waals surface area contributed by atoms with Crippen LogP contribution < -0.4 is 10.2 Å². The van der Waals surface area contributed by atoms with Crippen molar-refractivity contribution in [2.24, 2.45) is 0 Å². The number of hydrogen-bond acceptors (Lipinski definition) is 4. The fourth-order valence-corrected chi connectivity index (χ4v) is 3.80. The predicted octanol–water partition coefficient (Wildman–Crippen LogP) is 3.71. The minimum atomic E-state index is -3.90. The van der Waals surface area contributed by atoms with Gasteiger partial charge in [-0.05, 0) is 40.6 Å². The molecule has 0 heterocycles. The van der Waals surface area contributed by atoms with Gasteiger partial charge in [0.1, 0.15) is 0 Å². The van der Waals surface area contributed by atoms with Crippen molar-refractivity contribution >= 4 is 44.2 Å². The number of rotatable bonds is 5. The van der Waals surface area contributed by atoms with Crippen molar-refractivity contribution in [3.05, 3.63) is 83.7 Å². The Morgan fingerprint density at radius 3 is 2.50 bits per heavy atom. The molecule has 0 saturated carbocycles. The molecule has 0 aliphatic rings. The number of anilines is 1. The zero-order valence-corrected chi connectivity index (χ0v) is 15.3. The summed E-state index contributed by atoms with van der Waals surface area (Å²) < 4.78 is 28.2. The molecule has 140 valence electrons. The lowest BCUT2D eigenvalue weighted by Gasteiger charge is -2.12. The van der Waals surface area contributed by atoms with Crippen molar-refractivity contribution in [1.29, 1.82) is 0 Å². The van der Waals surface area contributed by atoms with E-state index in [1.807, 2.05) is 0 Å². The number of nitrogens with zero attached hydrogens (tertiary/aromatic N) is 1. The first-order valence-corrected chi connectivity index (χ1v) is 9.57. The van der Waals surface area contributed by atoms with Crippen molar-refractivity contribution in [2.75, 3.05) is 4.72 Å². The largest absolute Gasteiger partial charge is 0.288 e. The van der Waals surface area contributed by atoms with Gasteiger partial charge in [0.25, 0.3) is 15.9 Å². The molecule has 8 heteroatoms. The van der Waals surface area contributed by atoms with Crippen LogP contribution >= 0.6 is 0 Å². The van der Waals surface area contributed by atoms with Gasteiger partial charge in [0.05, 0.1) is 17.2 Å². The highest BCUT2D eigenvalue weighted by molar-refractivity contribution is 7.92. The number of carbonyl (C=O) groups is 1. The molecule has 0 saturated heterocycles. The van der Waals surface area contributed by atoms with Crippen LogP contribution in [0.4, 0.5) is 11.4 Å². The molecule has 0 unspecified atom stereocenters. The SMILES string of the molecule is [C-]#[N+]c1ccc(NS(=O)(=O)c2cccc(/C=C/C(=O)NO)c2)c2ccccc12. The van der Waals surface area contributed by atoms with Crippen LogP contribution in [0, 0.1) is 6.57 Å². The van der Waals surface area contributed by atoms with Crippen molar-refractivity contribution < 1.29 is 18.4 Å². The Balaban J connectivity index is 1.98. The summed E-state index contributed by atoms with van der Waals surface area (Å²) in [6.45, 7) is 7.25. The predicted molar refractivity (Wildman–Crippen MR) is 106 cm³/mol. The monoisotopic (exact) mass is 393 g/mol. The average molecular weight is 393 g/mol. The quantitative estimate of drug-likeness (QED) is 0.266. The molecule has 0 fully saturated rings. The van der Waals surface area contributed by atoms with E-state index < -0.39 is 15.9 Å². The number of amides is 1. The second kappa shape index (κ2) is 7.92. The molecular weight excluding hydrogens is 378 g/mol. The van der Waals surface area contributed by atoms with Crippen LogP contribution in [0.1, 0.15) is 5.56 Å². The van der Waals surface area contributed by atoms with E-state index in [1.165, 1.54) is 23.7 Å². The van der Waals surface area contributed by atoms with E-state index in [9.17, 15) is 13.2 Å². The van der Waals surface area contributed by atoms with Crippen LogP contribution in [0.25, 0.3) is 21.7 Å². The second-order valence-electron chi connectivity index (χ2n) is 5.78. The zero-order chi connectivity index (χ0) is 20.1. The molecular formula is C20H15N3O4S. The Hall–Kier alpha value is -3.67. The molecule has 1 amide bonds. The van der Waals surface area contributed by atoms with Gasteiger partial charge in [-0.1, -0.05) is 42.5 Å². The lowest BCUT2D eigenvalue weighted by atomic mass is 10.1. The molecule has 3 aromatic rings. The molecule has 0 aliphatic heterocycles. The van der Waals surface area contributed by atoms with E-state index in [-0.39, 0.29) is 4.90 Å². The lowest BCUT2D eigenvalue weighted by Crippen LogP contribution is -2.15. The molecule has 0 atom stereocenters. The van der Waals surface area contributed by atoms with E-state index in [1.54, 1.807) is 48.5 Å². The van der Waals surface area contributed by atoms with Crippen molar-refractivity contribution in [1.82, 2.24) is 5.48 Å². The molecule has 3 aromatic carbocycles. The zero-order valence-electron chi connectivity index (χ0n) is 14.5. The smallest absolute Gasteiger partial charge is 0.267 e. The van der Waals surface area contributed by atoms with Gasteiger partial charge in [-0.25, -0.2) is 18.7 Å². The van der Waals surface area contributed by atoms with Crippen LogP contribution in [0.15, 0.2) is 71.6 Å². The summed E-state index contributed by atoms with van der Waals surface area (Å²) in [4.78, 5) is 14.6. The first-order valence-electron chi connectivity index (χ1n) is 8.09. The first-order chi connectivity index (χ1) is 13.4. The standard InChI is InChI=1S/C20H15N3O4S/c1-21-18-10-11-19(17-8-3-2-7-16(17)18)23-28(26,27)15-6-4-5-14(13-15)9-12-20(24)22-25/h2-13,23,25H,(H,22,24)/b12-9+. The molecule has 0 aliphatic carbocycles. The lowest BCUT2D eigenvalue weighted by molar-refractivity contribution is -0.124. The third-order valence-electron chi connectivity index (χ3n) is 3.97. The van der Waals surface area contributed by atoms with Crippen LogP contribution in [0.5, 0.6) is 0 Å². The Labute approximate surface area is 161 Å². The number of carbonyl (C=O) groups excluding carboxylic acids is 1. The van der Waals surface area contributed by atoms with Crippen LogP contribution in [0.2, 0.25) is 0 Å². The van der Waals surface area contributed by atoms with Gasteiger partial charge < -0.3 is 0 Å². The summed E-state index contributed by atoms with van der Waals surface area (Å²) >= 11 is 0. The Kier molecular flexibility index (Phi) is 5.40. The summed E-state index contributed by atoms with van der Waals surface area (Å²) in [7, 11) is -3.90. The molecule has 3 rings (SSSR count). The highest BCUT2D eigenvalue weighted by atomic mass is 32.2. The van der Waals surface area contributed by atoms with E-state index >= 15 is 0 Å². The first kappa shape index (κ1) is 19.1. The number of benzene rings is 3. The van der Waals surface area contributed by atoms with Crippen molar-refractivity contribution in [3.8, 4) is 0 Å². The summed E-state index contributed by atoms with van der Waals surface area (Å²) in [5.74, 6) is -0.724. The maximum Gasteiger partial charge on any atom is 0.267 e. The summed E-state index contributed by atoms with van der Waals surface area (Å²) in [5.41, 5.74) is 2.74. The fourth-order valence-electron chi connectivity index (χ4n) is 2.67. The maximum atomic E-state index is 12.8. The van der Waals surface area contributed by atoms with Gasteiger partial charge in [0.2, 0.25) is 0 Å². The van der Waals surface area contributed by atoms with Gasteiger partial charge >= 0.3 is 0 Å². The number of hydroxylamine groups is 1. The molecule has 0 spiro atoms. The number of hydrogen-bond donors (Lipinski definition) is 3. The van der Waals surface area contributed by atoms with E-state index in [2.05, 4.69) is 9.57 Å². The summed E-state index contributed by atoms with van der Waals surface area (Å²) in [5, 5.41) is 9.79. The van der Waals surface area contributed by atoms with Crippen LogP contribution in [-0.2, 0) is 14.8 Å². The number of fused-ring (bicyclic) bond motifs is 1. The Bertz CT molecular complexity index is 1230. The number of sulfonamides is 1. The molecule has 0 radical (unpaired) electrons. The highest BCUT2D eigenvalue weighted by Crippen LogP contribution is 2.33. The normalized spacial score (nSPS) is 11.3. The van der Waals surface area contributed by atoms with Gasteiger partial charge in [0.15, 0.2) is 5.69 Å². The van der Waals surface area contributed by atoms with Crippen molar-refractivity contribution in [2.45, 2.75) is 4.90 Å². The third kappa shape index (κ3) is 4.01. The fraction of sp³-hybridized carbons (Fsp3) is 0. The molecule has 3 N–H and O–H groups in total. The third-order valence-corrected chi connectivity index (χ3v) is 5.33. The van der Waals surface area contributed by atoms with E-state index in [0.29, 0.717) is 27.7 Å². The van der Waals surface area contributed by atoms with Gasteiger partial charge in [0, 0.05) is 6.08 Å². The summed E-state index contributed by atoms with van der Waals surface area (Å²) in [6.07, 6.45) is 2.46. The van der Waals surface area contributed by atoms with Gasteiger partial charge in [-0.2, -0.15) is 0 Å². The molecule has 7 nitrogen and oxygen atoms in total. The Morgan fingerprint density at radius 1 is 1.04 bits per heavy atom. The average Bonchev–Trinajstić information content (AvgIpc) is 2.72. The van der Waals surface area contributed by atoms with E-state index in [4.69, 9.17) is 11.8 Å².